The first-order valence-corrected chi connectivity index (χ1v) is 6.70. The summed E-state index contributed by atoms with van der Waals surface area (Å²) in [6.07, 6.45) is 12.1. The fourth-order valence-corrected chi connectivity index (χ4v) is 3.37. The molecule has 2 aliphatic rings. The molecule has 0 radical (unpaired) electrons. The second-order valence-corrected chi connectivity index (χ2v) is 5.45. The molecule has 90 valence electrons. The van der Waals surface area contributed by atoms with Crippen LogP contribution >= 0.6 is 0 Å². The van der Waals surface area contributed by atoms with Crippen LogP contribution in [0.15, 0.2) is 0 Å². The Morgan fingerprint density at radius 2 is 2.25 bits per heavy atom. The quantitative estimate of drug-likeness (QED) is 0.715. The summed E-state index contributed by atoms with van der Waals surface area (Å²) >= 11 is 0. The molecule has 2 nitrogen and oxygen atoms in total. The molecule has 1 spiro atoms. The van der Waals surface area contributed by atoms with Crippen LogP contribution in [0.4, 0.5) is 0 Å². The van der Waals surface area contributed by atoms with Gasteiger partial charge in [0.1, 0.15) is 0 Å². The number of piperidine rings is 2. The van der Waals surface area contributed by atoms with E-state index in [0.29, 0.717) is 11.5 Å². The van der Waals surface area contributed by atoms with Gasteiger partial charge in [-0.3, -0.25) is 4.90 Å². The lowest BCUT2D eigenvalue weighted by Crippen LogP contribution is -2.53. The van der Waals surface area contributed by atoms with E-state index >= 15 is 0 Å². The van der Waals surface area contributed by atoms with Crippen molar-refractivity contribution in [2.75, 3.05) is 26.2 Å². The number of terminal acetylenes is 1. The average molecular weight is 220 g/mol. The minimum atomic E-state index is 0.360. The lowest BCUT2D eigenvalue weighted by Gasteiger charge is -2.47. The van der Waals surface area contributed by atoms with E-state index < -0.39 is 0 Å². The fraction of sp³-hybridized carbons (Fsp3) is 0.857. The second-order valence-electron chi connectivity index (χ2n) is 5.45. The molecule has 1 N–H and O–H groups in total. The van der Waals surface area contributed by atoms with Gasteiger partial charge in [-0.15, -0.1) is 6.42 Å². The Labute approximate surface area is 99.8 Å². The molecular formula is C14H24N2. The number of hydrogen-bond donors (Lipinski definition) is 1. The van der Waals surface area contributed by atoms with Crippen LogP contribution in [0.2, 0.25) is 0 Å². The maximum atomic E-state index is 5.62. The highest BCUT2D eigenvalue weighted by Gasteiger charge is 2.37. The van der Waals surface area contributed by atoms with E-state index in [2.05, 4.69) is 23.1 Å². The molecule has 0 aliphatic carbocycles. The number of hydrogen-bond acceptors (Lipinski definition) is 2. The Morgan fingerprint density at radius 1 is 1.44 bits per heavy atom. The van der Waals surface area contributed by atoms with Gasteiger partial charge in [0.25, 0.3) is 0 Å². The third-order valence-corrected chi connectivity index (χ3v) is 4.27. The Morgan fingerprint density at radius 3 is 2.88 bits per heavy atom. The van der Waals surface area contributed by atoms with Gasteiger partial charge >= 0.3 is 0 Å². The third kappa shape index (κ3) is 2.42. The predicted molar refractivity (Wildman–Crippen MR) is 68.3 cm³/mol. The lowest BCUT2D eigenvalue weighted by molar-refractivity contribution is 0.0502. The van der Waals surface area contributed by atoms with Crippen molar-refractivity contribution in [3.8, 4) is 12.3 Å². The first-order valence-electron chi connectivity index (χ1n) is 6.70. The summed E-state index contributed by atoms with van der Waals surface area (Å²) in [6.45, 7) is 7.01. The molecule has 2 unspecified atom stereocenters. The minimum absolute atomic E-state index is 0.360. The Hall–Kier alpha value is -0.520. The normalized spacial score (nSPS) is 33.5. The smallest absolute Gasteiger partial charge is 0.0709 e. The van der Waals surface area contributed by atoms with Crippen molar-refractivity contribution in [2.45, 2.75) is 45.1 Å². The monoisotopic (exact) mass is 220 g/mol. The Kier molecular flexibility index (Phi) is 3.89. The van der Waals surface area contributed by atoms with Gasteiger partial charge in [0.05, 0.1) is 6.04 Å². The summed E-state index contributed by atoms with van der Waals surface area (Å²) < 4.78 is 0. The van der Waals surface area contributed by atoms with Crippen LogP contribution in [0.25, 0.3) is 0 Å². The van der Waals surface area contributed by atoms with Gasteiger partial charge in [-0.1, -0.05) is 12.8 Å². The molecule has 2 atom stereocenters. The van der Waals surface area contributed by atoms with Crippen molar-refractivity contribution >= 4 is 0 Å². The summed E-state index contributed by atoms with van der Waals surface area (Å²) in [5, 5.41) is 3.56. The van der Waals surface area contributed by atoms with Crippen molar-refractivity contribution in [1.82, 2.24) is 10.2 Å². The number of nitrogens with zero attached hydrogens (tertiary/aromatic N) is 1. The third-order valence-electron chi connectivity index (χ3n) is 4.27. The van der Waals surface area contributed by atoms with Crippen molar-refractivity contribution in [2.24, 2.45) is 5.41 Å². The summed E-state index contributed by atoms with van der Waals surface area (Å²) in [5.74, 6) is 2.95. The maximum Gasteiger partial charge on any atom is 0.0709 e. The SMILES string of the molecule is C#CC(CC)N1CCCC2(CCCNC2)C1. The number of rotatable bonds is 2. The zero-order chi connectivity index (χ0) is 11.4. The number of likely N-dealkylation sites (tertiary alicyclic amines) is 1. The van der Waals surface area contributed by atoms with Crippen molar-refractivity contribution in [3.63, 3.8) is 0 Å². The summed E-state index contributed by atoms with van der Waals surface area (Å²) in [4.78, 5) is 2.54. The molecule has 2 aliphatic heterocycles. The lowest BCUT2D eigenvalue weighted by atomic mass is 9.74. The van der Waals surface area contributed by atoms with E-state index in [1.54, 1.807) is 0 Å². The standard InChI is InChI=1S/C14H24N2/c1-3-13(4-2)16-10-6-8-14(12-16)7-5-9-15-11-14/h1,13,15H,4-12H2,2H3. The molecule has 0 aromatic heterocycles. The van der Waals surface area contributed by atoms with Gasteiger partial charge in [-0.2, -0.15) is 0 Å². The molecule has 0 amide bonds. The predicted octanol–water partition coefficient (Wildman–Crippen LogP) is 1.86. The van der Waals surface area contributed by atoms with E-state index in [9.17, 15) is 0 Å². The van der Waals surface area contributed by atoms with Gasteiger partial charge < -0.3 is 5.32 Å². The van der Waals surface area contributed by atoms with Crippen molar-refractivity contribution < 1.29 is 0 Å². The van der Waals surface area contributed by atoms with Crippen LogP contribution in [0.5, 0.6) is 0 Å². The Balaban J connectivity index is 2.00. The van der Waals surface area contributed by atoms with Gasteiger partial charge in [0.2, 0.25) is 0 Å². The largest absolute Gasteiger partial charge is 0.316 e. The highest BCUT2D eigenvalue weighted by atomic mass is 15.2. The molecule has 2 saturated heterocycles. The molecule has 16 heavy (non-hydrogen) atoms. The topological polar surface area (TPSA) is 15.3 Å². The van der Waals surface area contributed by atoms with Crippen LogP contribution < -0.4 is 5.32 Å². The van der Waals surface area contributed by atoms with Crippen LogP contribution in [0, 0.1) is 17.8 Å². The molecule has 2 heterocycles. The van der Waals surface area contributed by atoms with Crippen LogP contribution in [-0.2, 0) is 0 Å². The van der Waals surface area contributed by atoms with Crippen LogP contribution in [0.1, 0.15) is 39.0 Å². The van der Waals surface area contributed by atoms with Crippen molar-refractivity contribution in [1.29, 1.82) is 0 Å². The highest BCUT2D eigenvalue weighted by molar-refractivity contribution is 5.02. The highest BCUT2D eigenvalue weighted by Crippen LogP contribution is 2.36. The first-order chi connectivity index (χ1) is 7.79. The van der Waals surface area contributed by atoms with Crippen molar-refractivity contribution in [3.05, 3.63) is 0 Å². The van der Waals surface area contributed by atoms with E-state index in [0.717, 1.165) is 6.42 Å². The molecule has 2 fully saturated rings. The summed E-state index contributed by atoms with van der Waals surface area (Å²) in [5.41, 5.74) is 0.529. The second kappa shape index (κ2) is 5.21. The average Bonchev–Trinajstić information content (AvgIpc) is 2.32. The molecule has 2 heteroatoms. The molecule has 2 rings (SSSR count). The first kappa shape index (κ1) is 12.0. The van der Waals surface area contributed by atoms with Crippen LogP contribution in [-0.4, -0.2) is 37.1 Å². The molecule has 0 saturated carbocycles. The molecule has 0 aromatic carbocycles. The summed E-state index contributed by atoms with van der Waals surface area (Å²) in [7, 11) is 0. The van der Waals surface area contributed by atoms with E-state index in [1.807, 2.05) is 0 Å². The molecule has 0 aromatic rings. The van der Waals surface area contributed by atoms with Gasteiger partial charge in [0.15, 0.2) is 0 Å². The number of nitrogens with one attached hydrogen (secondary N) is 1. The Bertz CT molecular complexity index is 255. The maximum absolute atomic E-state index is 5.62. The molecular weight excluding hydrogens is 196 g/mol. The van der Waals surface area contributed by atoms with E-state index in [-0.39, 0.29) is 0 Å². The summed E-state index contributed by atoms with van der Waals surface area (Å²) in [6, 6.07) is 0.360. The molecule has 0 bridgehead atoms. The van der Waals surface area contributed by atoms with Gasteiger partial charge in [-0.05, 0) is 50.6 Å². The van der Waals surface area contributed by atoms with Gasteiger partial charge in [-0.25, -0.2) is 0 Å². The van der Waals surface area contributed by atoms with E-state index in [4.69, 9.17) is 6.42 Å². The van der Waals surface area contributed by atoms with Crippen LogP contribution in [0.3, 0.4) is 0 Å². The fourth-order valence-electron chi connectivity index (χ4n) is 3.37. The van der Waals surface area contributed by atoms with E-state index in [1.165, 1.54) is 51.9 Å². The zero-order valence-electron chi connectivity index (χ0n) is 10.5. The minimum Gasteiger partial charge on any atom is -0.316 e. The van der Waals surface area contributed by atoms with Gasteiger partial charge in [0, 0.05) is 13.1 Å². The zero-order valence-corrected chi connectivity index (χ0v) is 10.5.